The Kier molecular flexibility index (Phi) is 4.93. The van der Waals surface area contributed by atoms with E-state index in [4.69, 9.17) is 4.74 Å². The molecular formula is C23H18N2O5. The SMILES string of the molecule is COc1cc(C2/C(=C(/O)c3ccccc3)C(=O)C(=O)N2c2cccnc2)ccc1O. The number of carbonyl (C=O) groups is 2. The summed E-state index contributed by atoms with van der Waals surface area (Å²) in [7, 11) is 1.40. The van der Waals surface area contributed by atoms with Crippen LogP contribution in [0.3, 0.4) is 0 Å². The molecule has 2 heterocycles. The fourth-order valence-corrected chi connectivity index (χ4v) is 3.53. The van der Waals surface area contributed by atoms with Crippen LogP contribution in [-0.4, -0.2) is 34.0 Å². The monoisotopic (exact) mass is 402 g/mol. The van der Waals surface area contributed by atoms with E-state index in [1.54, 1.807) is 54.7 Å². The van der Waals surface area contributed by atoms with Crippen molar-refractivity contribution in [1.82, 2.24) is 4.98 Å². The van der Waals surface area contributed by atoms with Gasteiger partial charge in [0, 0.05) is 11.8 Å². The number of aromatic nitrogens is 1. The van der Waals surface area contributed by atoms with Crippen molar-refractivity contribution in [2.45, 2.75) is 6.04 Å². The van der Waals surface area contributed by atoms with Gasteiger partial charge >= 0.3 is 0 Å². The van der Waals surface area contributed by atoms with E-state index in [1.165, 1.54) is 30.3 Å². The molecule has 0 spiro atoms. The molecule has 1 fully saturated rings. The van der Waals surface area contributed by atoms with Gasteiger partial charge in [-0.15, -0.1) is 0 Å². The Morgan fingerprint density at radius 1 is 1.07 bits per heavy atom. The first-order chi connectivity index (χ1) is 14.5. The van der Waals surface area contributed by atoms with Gasteiger partial charge in [0.2, 0.25) is 0 Å². The number of carbonyl (C=O) groups excluding carboxylic acids is 2. The van der Waals surface area contributed by atoms with Gasteiger partial charge in [-0.2, -0.15) is 0 Å². The van der Waals surface area contributed by atoms with Crippen molar-refractivity contribution in [2.75, 3.05) is 12.0 Å². The average Bonchev–Trinajstić information content (AvgIpc) is 3.05. The van der Waals surface area contributed by atoms with E-state index in [-0.39, 0.29) is 22.8 Å². The summed E-state index contributed by atoms with van der Waals surface area (Å²) in [5, 5.41) is 20.9. The molecule has 30 heavy (non-hydrogen) atoms. The molecule has 2 N–H and O–H groups in total. The Balaban J connectivity index is 1.97. The zero-order valence-corrected chi connectivity index (χ0v) is 16.0. The zero-order valence-electron chi connectivity index (χ0n) is 16.0. The third kappa shape index (κ3) is 3.16. The summed E-state index contributed by atoms with van der Waals surface area (Å²) in [5.74, 6) is -1.77. The lowest BCUT2D eigenvalue weighted by molar-refractivity contribution is -0.132. The highest BCUT2D eigenvalue weighted by atomic mass is 16.5. The molecule has 1 amide bonds. The molecule has 3 aromatic rings. The standard InChI is InChI=1S/C23H18N2O5/c1-30-18-12-15(9-10-17(18)26)20-19(21(27)14-6-3-2-4-7-14)22(28)23(29)25(20)16-8-5-11-24-13-16/h2-13,20,26-27H,1H3/b21-19-. The van der Waals surface area contributed by atoms with Gasteiger partial charge in [-0.3, -0.25) is 19.5 Å². The highest BCUT2D eigenvalue weighted by Gasteiger charge is 2.47. The molecule has 0 radical (unpaired) electrons. The van der Waals surface area contributed by atoms with Gasteiger partial charge < -0.3 is 14.9 Å². The molecule has 1 aromatic heterocycles. The summed E-state index contributed by atoms with van der Waals surface area (Å²) in [6.45, 7) is 0. The van der Waals surface area contributed by atoms with E-state index in [0.717, 1.165) is 0 Å². The lowest BCUT2D eigenvalue weighted by Crippen LogP contribution is -2.29. The van der Waals surface area contributed by atoms with Gasteiger partial charge in [0.1, 0.15) is 5.76 Å². The number of phenolic OH excluding ortho intramolecular Hbond substituents is 1. The number of methoxy groups -OCH3 is 1. The number of pyridine rings is 1. The van der Waals surface area contributed by atoms with E-state index >= 15 is 0 Å². The molecule has 1 saturated heterocycles. The molecule has 1 unspecified atom stereocenters. The summed E-state index contributed by atoms with van der Waals surface area (Å²) >= 11 is 0. The normalized spacial score (nSPS) is 17.9. The fraction of sp³-hybridized carbons (Fsp3) is 0.0870. The second-order valence-electron chi connectivity index (χ2n) is 6.68. The van der Waals surface area contributed by atoms with Crippen molar-refractivity contribution >= 4 is 23.1 Å². The smallest absolute Gasteiger partial charge is 0.300 e. The molecule has 150 valence electrons. The van der Waals surface area contributed by atoms with Crippen molar-refractivity contribution in [3.8, 4) is 11.5 Å². The third-order valence-electron chi connectivity index (χ3n) is 4.94. The summed E-state index contributed by atoms with van der Waals surface area (Å²) < 4.78 is 5.19. The van der Waals surface area contributed by atoms with Crippen molar-refractivity contribution in [3.63, 3.8) is 0 Å². The van der Waals surface area contributed by atoms with Crippen LogP contribution in [0.25, 0.3) is 5.76 Å². The van der Waals surface area contributed by atoms with Crippen LogP contribution in [0.1, 0.15) is 17.2 Å². The Morgan fingerprint density at radius 3 is 2.50 bits per heavy atom. The summed E-state index contributed by atoms with van der Waals surface area (Å²) in [6, 6.07) is 15.5. The Labute approximate surface area is 172 Å². The topological polar surface area (TPSA) is 100.0 Å². The number of nitrogens with zero attached hydrogens (tertiary/aromatic N) is 2. The Hall–Kier alpha value is -4.13. The molecule has 2 aromatic carbocycles. The summed E-state index contributed by atoms with van der Waals surface area (Å²) in [6.07, 6.45) is 3.03. The minimum absolute atomic E-state index is 0.0530. The molecule has 0 saturated carbocycles. The van der Waals surface area contributed by atoms with Crippen LogP contribution in [0, 0.1) is 0 Å². The number of Topliss-reactive ketones (excluding diaryl/α,β-unsaturated/α-hetero) is 1. The number of benzene rings is 2. The quantitative estimate of drug-likeness (QED) is 0.394. The molecule has 4 rings (SSSR count). The van der Waals surface area contributed by atoms with Crippen LogP contribution >= 0.6 is 0 Å². The number of aliphatic hydroxyl groups excluding tert-OH is 1. The van der Waals surface area contributed by atoms with Crippen LogP contribution in [0.4, 0.5) is 5.69 Å². The van der Waals surface area contributed by atoms with Gasteiger partial charge in [0.25, 0.3) is 11.7 Å². The number of aliphatic hydroxyl groups is 1. The average molecular weight is 402 g/mol. The molecule has 1 aliphatic rings. The molecule has 7 nitrogen and oxygen atoms in total. The molecular weight excluding hydrogens is 384 g/mol. The van der Waals surface area contributed by atoms with E-state index in [1.807, 2.05) is 0 Å². The lowest BCUT2D eigenvalue weighted by Gasteiger charge is -2.25. The molecule has 7 heteroatoms. The second-order valence-corrected chi connectivity index (χ2v) is 6.68. The van der Waals surface area contributed by atoms with E-state index in [0.29, 0.717) is 16.8 Å². The highest BCUT2D eigenvalue weighted by Crippen LogP contribution is 2.43. The van der Waals surface area contributed by atoms with E-state index < -0.39 is 17.7 Å². The van der Waals surface area contributed by atoms with Crippen LogP contribution in [0.2, 0.25) is 0 Å². The molecule has 0 bridgehead atoms. The van der Waals surface area contributed by atoms with E-state index in [9.17, 15) is 19.8 Å². The first-order valence-electron chi connectivity index (χ1n) is 9.16. The molecule has 0 aliphatic carbocycles. The fourth-order valence-electron chi connectivity index (χ4n) is 3.53. The lowest BCUT2D eigenvalue weighted by atomic mass is 9.95. The van der Waals surface area contributed by atoms with Gasteiger partial charge in [-0.25, -0.2) is 0 Å². The number of hydrogen-bond acceptors (Lipinski definition) is 6. The second kappa shape index (κ2) is 7.71. The molecule has 1 aliphatic heterocycles. The summed E-state index contributed by atoms with van der Waals surface area (Å²) in [4.78, 5) is 31.3. The number of rotatable bonds is 4. The van der Waals surface area contributed by atoms with Gasteiger partial charge in [0.05, 0.1) is 30.6 Å². The van der Waals surface area contributed by atoms with Crippen LogP contribution < -0.4 is 9.64 Å². The Morgan fingerprint density at radius 2 is 1.83 bits per heavy atom. The maximum atomic E-state index is 13.0. The first kappa shape index (κ1) is 19.2. The third-order valence-corrected chi connectivity index (χ3v) is 4.94. The first-order valence-corrected chi connectivity index (χ1v) is 9.16. The molecule has 1 atom stereocenters. The number of amides is 1. The Bertz CT molecular complexity index is 1140. The van der Waals surface area contributed by atoms with Crippen molar-refractivity contribution in [2.24, 2.45) is 0 Å². The van der Waals surface area contributed by atoms with E-state index in [2.05, 4.69) is 4.98 Å². The maximum Gasteiger partial charge on any atom is 0.300 e. The number of phenols is 1. The largest absolute Gasteiger partial charge is 0.507 e. The van der Waals surface area contributed by atoms with Crippen LogP contribution in [0.5, 0.6) is 11.5 Å². The van der Waals surface area contributed by atoms with Crippen molar-refractivity contribution < 1.29 is 24.5 Å². The van der Waals surface area contributed by atoms with Gasteiger partial charge in [0.15, 0.2) is 11.5 Å². The minimum Gasteiger partial charge on any atom is -0.507 e. The number of hydrogen-bond donors (Lipinski definition) is 2. The maximum absolute atomic E-state index is 13.0. The van der Waals surface area contributed by atoms with Crippen LogP contribution in [0.15, 0.2) is 78.6 Å². The van der Waals surface area contributed by atoms with Gasteiger partial charge in [-0.05, 0) is 29.8 Å². The number of anilines is 1. The number of ketones is 1. The predicted octanol–water partition coefficient (Wildman–Crippen LogP) is 3.42. The zero-order chi connectivity index (χ0) is 21.3. The predicted molar refractivity (Wildman–Crippen MR) is 110 cm³/mol. The highest BCUT2D eigenvalue weighted by molar-refractivity contribution is 6.51. The van der Waals surface area contributed by atoms with Crippen molar-refractivity contribution in [3.05, 3.63) is 89.8 Å². The number of ether oxygens (including phenoxy) is 1. The van der Waals surface area contributed by atoms with Crippen LogP contribution in [-0.2, 0) is 9.59 Å². The van der Waals surface area contributed by atoms with Crippen molar-refractivity contribution in [1.29, 1.82) is 0 Å². The minimum atomic E-state index is -0.927. The summed E-state index contributed by atoms with van der Waals surface area (Å²) in [5.41, 5.74) is 1.26. The van der Waals surface area contributed by atoms with Gasteiger partial charge in [-0.1, -0.05) is 36.4 Å². The number of aromatic hydroxyl groups is 1.